The number of hydrogen-bond acceptors (Lipinski definition) is 7. The van der Waals surface area contributed by atoms with Crippen molar-refractivity contribution in [3.05, 3.63) is 76.3 Å². The number of carbonyl (C=O) groups is 1. The Morgan fingerprint density at radius 1 is 1.12 bits per heavy atom. The molecule has 2 aromatic heterocycles. The SMILES string of the molecule is O=C(Nc1nc2c(ncn2COCCO)c(=O)[nH]1)OCC1c2ccccc2-c2ccccc21. The molecule has 0 saturated heterocycles. The quantitative estimate of drug-likeness (QED) is 0.371. The number of aromatic nitrogens is 4. The zero-order chi connectivity index (χ0) is 22.8. The summed E-state index contributed by atoms with van der Waals surface area (Å²) in [6, 6.07) is 16.1. The summed E-state index contributed by atoms with van der Waals surface area (Å²) >= 11 is 0. The van der Waals surface area contributed by atoms with Crippen molar-refractivity contribution in [1.29, 1.82) is 0 Å². The first-order chi connectivity index (χ1) is 16.2. The molecule has 0 unspecified atom stereocenters. The van der Waals surface area contributed by atoms with Gasteiger partial charge in [-0.05, 0) is 22.3 Å². The fraction of sp³-hybridized carbons (Fsp3) is 0.217. The van der Waals surface area contributed by atoms with Crippen LogP contribution in [0.2, 0.25) is 0 Å². The number of carbonyl (C=O) groups excluding carboxylic acids is 1. The second kappa shape index (κ2) is 8.85. The van der Waals surface area contributed by atoms with E-state index in [1.165, 1.54) is 10.9 Å². The lowest BCUT2D eigenvalue weighted by molar-refractivity contribution is 0.0499. The summed E-state index contributed by atoms with van der Waals surface area (Å²) in [6.45, 7) is 0.195. The maximum Gasteiger partial charge on any atom is 0.414 e. The van der Waals surface area contributed by atoms with Gasteiger partial charge in [-0.25, -0.2) is 9.78 Å². The Labute approximate surface area is 187 Å². The molecule has 0 atom stereocenters. The number of amides is 1. The Kier molecular flexibility index (Phi) is 5.59. The van der Waals surface area contributed by atoms with Crippen LogP contribution in [-0.4, -0.2) is 50.5 Å². The maximum atomic E-state index is 12.5. The zero-order valence-electron chi connectivity index (χ0n) is 17.5. The molecular weight excluding hydrogens is 426 g/mol. The third-order valence-corrected chi connectivity index (χ3v) is 5.50. The number of nitrogens with one attached hydrogen (secondary N) is 2. The minimum atomic E-state index is -0.734. The number of hydrogen-bond donors (Lipinski definition) is 3. The van der Waals surface area contributed by atoms with Crippen LogP contribution in [0.4, 0.5) is 10.7 Å². The highest BCUT2D eigenvalue weighted by Crippen LogP contribution is 2.44. The minimum absolute atomic E-state index is 0.0535. The first-order valence-corrected chi connectivity index (χ1v) is 10.4. The van der Waals surface area contributed by atoms with Crippen molar-refractivity contribution in [2.75, 3.05) is 25.1 Å². The number of fused-ring (bicyclic) bond motifs is 4. The number of rotatable bonds is 7. The highest BCUT2D eigenvalue weighted by molar-refractivity contribution is 5.84. The zero-order valence-corrected chi connectivity index (χ0v) is 17.5. The van der Waals surface area contributed by atoms with Crippen LogP contribution in [0.25, 0.3) is 22.3 Å². The molecule has 0 saturated carbocycles. The molecule has 10 nitrogen and oxygen atoms in total. The van der Waals surface area contributed by atoms with Gasteiger partial charge in [-0.1, -0.05) is 48.5 Å². The van der Waals surface area contributed by atoms with Gasteiger partial charge >= 0.3 is 6.09 Å². The first kappa shape index (κ1) is 20.9. The summed E-state index contributed by atoms with van der Waals surface area (Å²) in [5.41, 5.74) is 4.32. The smallest absolute Gasteiger partial charge is 0.414 e. The van der Waals surface area contributed by atoms with Crippen LogP contribution < -0.4 is 10.9 Å². The van der Waals surface area contributed by atoms with Crippen molar-refractivity contribution in [2.24, 2.45) is 0 Å². The molecule has 1 amide bonds. The van der Waals surface area contributed by atoms with E-state index in [4.69, 9.17) is 14.6 Å². The third-order valence-electron chi connectivity index (χ3n) is 5.50. The molecule has 0 spiro atoms. The molecule has 2 aromatic carbocycles. The van der Waals surface area contributed by atoms with Crippen molar-refractivity contribution in [2.45, 2.75) is 12.6 Å². The highest BCUT2D eigenvalue weighted by atomic mass is 16.5. The van der Waals surface area contributed by atoms with Crippen LogP contribution in [0, 0.1) is 0 Å². The molecule has 1 aliphatic rings. The van der Waals surface area contributed by atoms with Crippen LogP contribution in [0.3, 0.4) is 0 Å². The van der Waals surface area contributed by atoms with Gasteiger partial charge in [0, 0.05) is 5.92 Å². The van der Waals surface area contributed by atoms with Gasteiger partial charge < -0.3 is 14.6 Å². The van der Waals surface area contributed by atoms with Crippen LogP contribution in [-0.2, 0) is 16.2 Å². The molecule has 2 heterocycles. The summed E-state index contributed by atoms with van der Waals surface area (Å²) in [4.78, 5) is 35.6. The molecule has 10 heteroatoms. The van der Waals surface area contributed by atoms with E-state index in [-0.39, 0.29) is 49.6 Å². The molecule has 1 aliphatic carbocycles. The van der Waals surface area contributed by atoms with Gasteiger partial charge in [0.1, 0.15) is 13.3 Å². The molecule has 168 valence electrons. The predicted octanol–water partition coefficient (Wildman–Crippen LogP) is 2.45. The van der Waals surface area contributed by atoms with E-state index in [1.807, 2.05) is 36.4 Å². The van der Waals surface area contributed by atoms with Gasteiger partial charge in [-0.3, -0.25) is 19.7 Å². The van der Waals surface area contributed by atoms with E-state index in [0.29, 0.717) is 0 Å². The highest BCUT2D eigenvalue weighted by Gasteiger charge is 2.29. The van der Waals surface area contributed by atoms with Gasteiger partial charge in [0.05, 0.1) is 19.5 Å². The van der Waals surface area contributed by atoms with E-state index in [1.54, 1.807) is 0 Å². The molecule has 0 radical (unpaired) electrons. The van der Waals surface area contributed by atoms with Crippen molar-refractivity contribution < 1.29 is 19.4 Å². The number of aliphatic hydroxyl groups is 1. The second-order valence-electron chi connectivity index (χ2n) is 7.51. The number of benzene rings is 2. The molecular formula is C23H21N5O5. The lowest BCUT2D eigenvalue weighted by atomic mass is 9.98. The fourth-order valence-corrected chi connectivity index (χ4v) is 4.07. The van der Waals surface area contributed by atoms with Crippen molar-refractivity contribution in [3.8, 4) is 11.1 Å². The molecule has 0 aliphatic heterocycles. The molecule has 4 aromatic rings. The molecule has 0 fully saturated rings. The van der Waals surface area contributed by atoms with Crippen LogP contribution in [0.1, 0.15) is 17.0 Å². The Bertz CT molecular complexity index is 1330. The summed E-state index contributed by atoms with van der Waals surface area (Å²) in [5.74, 6) is -0.142. The van der Waals surface area contributed by atoms with E-state index >= 15 is 0 Å². The standard InChI is InChI=1S/C23H21N5O5/c29-9-10-32-13-28-12-24-19-20(28)25-22(26-21(19)30)27-23(31)33-11-18-16-7-3-1-5-14(16)15-6-2-4-8-17(15)18/h1-8,12,18,29H,9-11,13H2,(H2,25,26,27,30,31). The molecule has 3 N–H and O–H groups in total. The third kappa shape index (κ3) is 3.97. The number of aliphatic hydroxyl groups excluding tert-OH is 1. The lowest BCUT2D eigenvalue weighted by Gasteiger charge is -2.14. The number of aromatic amines is 1. The molecule has 5 rings (SSSR count). The minimum Gasteiger partial charge on any atom is -0.448 e. The second-order valence-corrected chi connectivity index (χ2v) is 7.51. The average Bonchev–Trinajstić information content (AvgIpc) is 3.37. The summed E-state index contributed by atoms with van der Waals surface area (Å²) in [7, 11) is 0. The largest absolute Gasteiger partial charge is 0.448 e. The van der Waals surface area contributed by atoms with E-state index < -0.39 is 11.7 Å². The number of H-pyrrole nitrogens is 1. The normalized spacial score (nSPS) is 12.5. The van der Waals surface area contributed by atoms with Crippen molar-refractivity contribution >= 4 is 23.2 Å². The fourth-order valence-electron chi connectivity index (χ4n) is 4.07. The van der Waals surface area contributed by atoms with Gasteiger partial charge in [0.15, 0.2) is 11.2 Å². The Hall–Kier alpha value is -4.02. The summed E-state index contributed by atoms with van der Waals surface area (Å²) in [5, 5.41) is 11.3. The molecule has 0 bridgehead atoms. The molecule has 33 heavy (non-hydrogen) atoms. The topological polar surface area (TPSA) is 131 Å². The van der Waals surface area contributed by atoms with E-state index in [0.717, 1.165) is 22.3 Å². The van der Waals surface area contributed by atoms with Gasteiger partial charge in [-0.2, -0.15) is 4.98 Å². The first-order valence-electron chi connectivity index (χ1n) is 10.4. The number of ether oxygens (including phenoxy) is 2. The summed E-state index contributed by atoms with van der Waals surface area (Å²) < 4.78 is 12.3. The maximum absolute atomic E-state index is 12.5. The number of nitrogens with zero attached hydrogens (tertiary/aromatic N) is 3. The van der Waals surface area contributed by atoms with Gasteiger partial charge in [-0.15, -0.1) is 0 Å². The van der Waals surface area contributed by atoms with Crippen LogP contribution >= 0.6 is 0 Å². The van der Waals surface area contributed by atoms with Crippen LogP contribution in [0.15, 0.2) is 59.7 Å². The average molecular weight is 447 g/mol. The Balaban J connectivity index is 1.31. The van der Waals surface area contributed by atoms with Crippen LogP contribution in [0.5, 0.6) is 0 Å². The monoisotopic (exact) mass is 447 g/mol. The van der Waals surface area contributed by atoms with Gasteiger partial charge in [0.2, 0.25) is 5.95 Å². The Morgan fingerprint density at radius 3 is 2.52 bits per heavy atom. The van der Waals surface area contributed by atoms with Gasteiger partial charge in [0.25, 0.3) is 5.56 Å². The van der Waals surface area contributed by atoms with E-state index in [2.05, 4.69) is 32.4 Å². The number of imidazole rings is 1. The lowest BCUT2D eigenvalue weighted by Crippen LogP contribution is -2.21. The van der Waals surface area contributed by atoms with Crippen molar-refractivity contribution in [1.82, 2.24) is 19.5 Å². The summed E-state index contributed by atoms with van der Waals surface area (Å²) in [6.07, 6.45) is 0.670. The van der Waals surface area contributed by atoms with E-state index in [9.17, 15) is 9.59 Å². The number of anilines is 1. The van der Waals surface area contributed by atoms with Crippen molar-refractivity contribution in [3.63, 3.8) is 0 Å². The Morgan fingerprint density at radius 2 is 1.82 bits per heavy atom. The predicted molar refractivity (Wildman–Crippen MR) is 120 cm³/mol.